The van der Waals surface area contributed by atoms with Gasteiger partial charge < -0.3 is 10.1 Å². The number of ether oxygens (including phenoxy) is 1. The number of benzene rings is 1. The van der Waals surface area contributed by atoms with Gasteiger partial charge in [0.1, 0.15) is 5.75 Å². The van der Waals surface area contributed by atoms with Crippen LogP contribution in [0.4, 0.5) is 0 Å². The molecular formula is C15H19N3O2S. The van der Waals surface area contributed by atoms with Crippen LogP contribution in [-0.2, 0) is 4.79 Å². The van der Waals surface area contributed by atoms with Gasteiger partial charge in [-0.05, 0) is 41.7 Å². The predicted molar refractivity (Wildman–Crippen MR) is 87.4 cm³/mol. The fourth-order valence-electron chi connectivity index (χ4n) is 2.01. The van der Waals surface area contributed by atoms with E-state index >= 15 is 0 Å². The average Bonchev–Trinajstić information content (AvgIpc) is 2.85. The number of carbonyl (C=O) groups is 1. The third-order valence-electron chi connectivity index (χ3n) is 3.17. The van der Waals surface area contributed by atoms with Crippen molar-refractivity contribution in [3.8, 4) is 5.75 Å². The molecule has 1 N–H and O–H groups in total. The Morgan fingerprint density at radius 3 is 2.76 bits per heavy atom. The van der Waals surface area contributed by atoms with Crippen LogP contribution in [0.2, 0.25) is 0 Å². The van der Waals surface area contributed by atoms with Crippen molar-refractivity contribution in [1.82, 2.24) is 5.32 Å². The van der Waals surface area contributed by atoms with Crippen LogP contribution in [0.5, 0.6) is 5.75 Å². The van der Waals surface area contributed by atoms with Crippen LogP contribution in [0, 0.1) is 6.92 Å². The largest absolute Gasteiger partial charge is 0.496 e. The topological polar surface area (TPSA) is 63.1 Å². The molecule has 5 nitrogen and oxygen atoms in total. The number of hydrogen-bond donors (Lipinski definition) is 1. The van der Waals surface area contributed by atoms with Crippen LogP contribution in [0.3, 0.4) is 0 Å². The van der Waals surface area contributed by atoms with Gasteiger partial charge in [0.2, 0.25) is 5.91 Å². The van der Waals surface area contributed by atoms with Gasteiger partial charge in [0.05, 0.1) is 19.1 Å². The number of rotatable bonds is 4. The maximum Gasteiger partial charge on any atom is 0.236 e. The molecule has 1 amide bonds. The summed E-state index contributed by atoms with van der Waals surface area (Å²) in [4.78, 5) is 11.1. The molecule has 0 bridgehead atoms. The smallest absolute Gasteiger partial charge is 0.236 e. The Kier molecular flexibility index (Phi) is 5.01. The van der Waals surface area contributed by atoms with Crippen LogP contribution >= 0.6 is 11.8 Å². The fraction of sp³-hybridized carbons (Fsp3) is 0.400. The highest BCUT2D eigenvalue weighted by Gasteiger charge is 2.16. The first kappa shape index (κ1) is 15.6. The van der Waals surface area contributed by atoms with E-state index in [1.54, 1.807) is 13.3 Å². The second kappa shape index (κ2) is 6.76. The van der Waals surface area contributed by atoms with Crippen molar-refractivity contribution >= 4 is 29.1 Å². The Labute approximate surface area is 128 Å². The molecule has 0 unspecified atom stereocenters. The third kappa shape index (κ3) is 3.85. The molecule has 0 aliphatic carbocycles. The molecule has 1 aromatic rings. The number of carbonyl (C=O) groups excluding carboxylic acids is 1. The second-order valence-electron chi connectivity index (χ2n) is 5.09. The minimum atomic E-state index is -0.0309. The molecule has 112 valence electrons. The lowest BCUT2D eigenvalue weighted by Crippen LogP contribution is -2.19. The third-order valence-corrected chi connectivity index (χ3v) is 4.04. The number of thioether (sulfide) groups is 1. The zero-order chi connectivity index (χ0) is 15.4. The summed E-state index contributed by atoms with van der Waals surface area (Å²) in [6.45, 7) is 6.26. The fourth-order valence-corrected chi connectivity index (χ4v) is 2.64. The SMILES string of the molecule is COc1cc(C)c(C=NN=C2NC(=O)CS2)cc1C(C)C. The minimum Gasteiger partial charge on any atom is -0.496 e. The highest BCUT2D eigenvalue weighted by atomic mass is 32.2. The van der Waals surface area contributed by atoms with E-state index in [1.807, 2.05) is 13.0 Å². The normalized spacial score (nSPS) is 17.0. The number of nitrogens with one attached hydrogen (secondary N) is 1. The maximum atomic E-state index is 11.1. The summed E-state index contributed by atoms with van der Waals surface area (Å²) in [7, 11) is 1.68. The maximum absolute atomic E-state index is 11.1. The van der Waals surface area contributed by atoms with Gasteiger partial charge in [0, 0.05) is 0 Å². The quantitative estimate of drug-likeness (QED) is 0.687. The van der Waals surface area contributed by atoms with Gasteiger partial charge in [-0.15, -0.1) is 5.10 Å². The monoisotopic (exact) mass is 305 g/mol. The van der Waals surface area contributed by atoms with Gasteiger partial charge in [0.25, 0.3) is 0 Å². The molecular weight excluding hydrogens is 286 g/mol. The van der Waals surface area contributed by atoms with E-state index in [-0.39, 0.29) is 5.91 Å². The lowest BCUT2D eigenvalue weighted by atomic mass is 9.97. The Bertz CT molecular complexity index is 609. The summed E-state index contributed by atoms with van der Waals surface area (Å²) in [6.07, 6.45) is 1.71. The summed E-state index contributed by atoms with van der Waals surface area (Å²) in [6, 6.07) is 4.08. The number of nitrogens with zero attached hydrogens (tertiary/aromatic N) is 2. The van der Waals surface area contributed by atoms with E-state index in [0.717, 1.165) is 22.4 Å². The molecule has 1 aromatic carbocycles. The second-order valence-corrected chi connectivity index (χ2v) is 6.06. The summed E-state index contributed by atoms with van der Waals surface area (Å²) < 4.78 is 5.42. The number of amides is 1. The number of hydrogen-bond acceptors (Lipinski definition) is 5. The van der Waals surface area contributed by atoms with Crippen molar-refractivity contribution < 1.29 is 9.53 Å². The van der Waals surface area contributed by atoms with Gasteiger partial charge in [-0.25, -0.2) is 0 Å². The van der Waals surface area contributed by atoms with Crippen LogP contribution in [-0.4, -0.2) is 30.2 Å². The van der Waals surface area contributed by atoms with Crippen LogP contribution in [0.15, 0.2) is 22.3 Å². The highest BCUT2D eigenvalue weighted by Crippen LogP contribution is 2.29. The zero-order valence-corrected chi connectivity index (χ0v) is 13.5. The molecule has 0 aromatic heterocycles. The lowest BCUT2D eigenvalue weighted by molar-refractivity contribution is -0.116. The van der Waals surface area contributed by atoms with E-state index in [1.165, 1.54) is 11.8 Å². The Morgan fingerprint density at radius 1 is 1.43 bits per heavy atom. The van der Waals surface area contributed by atoms with E-state index < -0.39 is 0 Å². The van der Waals surface area contributed by atoms with Gasteiger partial charge >= 0.3 is 0 Å². The van der Waals surface area contributed by atoms with Crippen molar-refractivity contribution in [3.05, 3.63) is 28.8 Å². The number of methoxy groups -OCH3 is 1. The summed E-state index contributed by atoms with van der Waals surface area (Å²) >= 11 is 1.36. The number of amidine groups is 1. The molecule has 6 heteroatoms. The first-order valence-electron chi connectivity index (χ1n) is 6.73. The first-order valence-corrected chi connectivity index (χ1v) is 7.72. The molecule has 0 atom stereocenters. The summed E-state index contributed by atoms with van der Waals surface area (Å²) in [5, 5.41) is 11.3. The van der Waals surface area contributed by atoms with E-state index in [0.29, 0.717) is 16.8 Å². The molecule has 1 saturated heterocycles. The van der Waals surface area contributed by atoms with Crippen LogP contribution in [0.1, 0.15) is 36.5 Å². The molecule has 21 heavy (non-hydrogen) atoms. The van der Waals surface area contributed by atoms with Crippen molar-refractivity contribution in [2.75, 3.05) is 12.9 Å². The highest BCUT2D eigenvalue weighted by molar-refractivity contribution is 8.15. The molecule has 0 spiro atoms. The van der Waals surface area contributed by atoms with E-state index in [4.69, 9.17) is 4.74 Å². The predicted octanol–water partition coefficient (Wildman–Crippen LogP) is 2.68. The summed E-state index contributed by atoms with van der Waals surface area (Å²) in [5.74, 6) is 1.64. The Balaban J connectivity index is 2.23. The zero-order valence-electron chi connectivity index (χ0n) is 12.6. The standard InChI is InChI=1S/C15H19N3O2S/c1-9(2)12-6-11(10(3)5-13(12)20-4)7-16-18-15-17-14(19)8-21-15/h5-7,9H,8H2,1-4H3,(H,17,18,19). The number of aryl methyl sites for hydroxylation is 1. The van der Waals surface area contributed by atoms with E-state index in [9.17, 15) is 4.79 Å². The van der Waals surface area contributed by atoms with Gasteiger partial charge in [0.15, 0.2) is 5.17 Å². The molecule has 1 fully saturated rings. The van der Waals surface area contributed by atoms with Crippen molar-refractivity contribution in [2.24, 2.45) is 10.2 Å². The lowest BCUT2D eigenvalue weighted by Gasteiger charge is -2.14. The van der Waals surface area contributed by atoms with Crippen molar-refractivity contribution in [2.45, 2.75) is 26.7 Å². The molecule has 1 heterocycles. The molecule has 0 saturated carbocycles. The molecule has 0 radical (unpaired) electrons. The van der Waals surface area contributed by atoms with Gasteiger partial charge in [-0.3, -0.25) is 4.79 Å². The Hall–Kier alpha value is -1.82. The van der Waals surface area contributed by atoms with Crippen molar-refractivity contribution in [1.29, 1.82) is 0 Å². The molecule has 2 rings (SSSR count). The van der Waals surface area contributed by atoms with E-state index in [2.05, 4.69) is 35.4 Å². The Morgan fingerprint density at radius 2 is 2.19 bits per heavy atom. The van der Waals surface area contributed by atoms with Crippen LogP contribution in [0.25, 0.3) is 0 Å². The van der Waals surface area contributed by atoms with Gasteiger partial charge in [-0.2, -0.15) is 5.10 Å². The molecule has 1 aliphatic heterocycles. The first-order chi connectivity index (χ1) is 10.0. The minimum absolute atomic E-state index is 0.0309. The molecule has 1 aliphatic rings. The summed E-state index contributed by atoms with van der Waals surface area (Å²) in [5.41, 5.74) is 3.21. The van der Waals surface area contributed by atoms with Crippen LogP contribution < -0.4 is 10.1 Å². The average molecular weight is 305 g/mol. The van der Waals surface area contributed by atoms with Crippen molar-refractivity contribution in [3.63, 3.8) is 0 Å². The van der Waals surface area contributed by atoms with Gasteiger partial charge in [-0.1, -0.05) is 25.6 Å².